The Balaban J connectivity index is 1.74. The first-order chi connectivity index (χ1) is 11.7. The van der Waals surface area contributed by atoms with Crippen LogP contribution in [0.3, 0.4) is 0 Å². The van der Waals surface area contributed by atoms with E-state index in [2.05, 4.69) is 5.32 Å². The zero-order valence-electron chi connectivity index (χ0n) is 14.8. The number of ketones is 1. The minimum absolute atomic E-state index is 0.000320. The van der Waals surface area contributed by atoms with Crippen molar-refractivity contribution in [2.75, 3.05) is 19.6 Å². The number of hydrogen-bond acceptors (Lipinski definition) is 5. The molecule has 7 heteroatoms. The highest BCUT2D eigenvalue weighted by atomic mass is 16.6. The average Bonchev–Trinajstić information content (AvgIpc) is 2.91. The Morgan fingerprint density at radius 1 is 1.24 bits per heavy atom. The number of amides is 2. The molecule has 0 unspecified atom stereocenters. The Labute approximate surface area is 147 Å². The van der Waals surface area contributed by atoms with Crippen molar-refractivity contribution in [2.45, 2.75) is 33.0 Å². The van der Waals surface area contributed by atoms with Gasteiger partial charge in [-0.3, -0.25) is 4.79 Å². The molecule has 1 N–H and O–H groups in total. The van der Waals surface area contributed by atoms with Crippen molar-refractivity contribution < 1.29 is 23.9 Å². The molecule has 1 aliphatic rings. The molecule has 0 saturated carbocycles. The monoisotopic (exact) mass is 348 g/mol. The molecule has 1 aliphatic heterocycles. The van der Waals surface area contributed by atoms with Crippen molar-refractivity contribution in [3.63, 3.8) is 0 Å². The van der Waals surface area contributed by atoms with E-state index in [9.17, 15) is 14.4 Å². The van der Waals surface area contributed by atoms with Crippen molar-refractivity contribution in [1.82, 2.24) is 10.2 Å². The summed E-state index contributed by atoms with van der Waals surface area (Å²) in [5.74, 6) is -0.550. The summed E-state index contributed by atoms with van der Waals surface area (Å²) < 4.78 is 10.4. The third kappa shape index (κ3) is 6.10. The van der Waals surface area contributed by atoms with Crippen LogP contribution in [0.5, 0.6) is 0 Å². The maximum Gasteiger partial charge on any atom is 0.410 e. The van der Waals surface area contributed by atoms with Crippen LogP contribution >= 0.6 is 0 Å². The lowest BCUT2D eigenvalue weighted by Crippen LogP contribution is -2.36. The molecule has 1 atom stereocenters. The third-order valence-corrected chi connectivity index (χ3v) is 3.60. The standard InChI is InChI=1S/C18H24N2O5/c1-18(2,3)25-17(23)20-10-14(15(21)11-20)9-19-16(22)24-12-13-7-5-4-6-8-13/h4-8,14H,9-12H2,1-3H3,(H,19,22)/t14-/m1/s1. The maximum atomic E-state index is 12.0. The van der Waals surface area contributed by atoms with E-state index < -0.39 is 23.7 Å². The Morgan fingerprint density at radius 2 is 1.92 bits per heavy atom. The van der Waals surface area contributed by atoms with Gasteiger partial charge in [0.1, 0.15) is 12.2 Å². The van der Waals surface area contributed by atoms with Gasteiger partial charge in [0.25, 0.3) is 0 Å². The van der Waals surface area contributed by atoms with Gasteiger partial charge in [0, 0.05) is 13.1 Å². The van der Waals surface area contributed by atoms with Gasteiger partial charge in [0.05, 0.1) is 12.5 Å². The lowest BCUT2D eigenvalue weighted by Gasteiger charge is -2.24. The van der Waals surface area contributed by atoms with Crippen LogP contribution in [0.2, 0.25) is 0 Å². The second-order valence-electron chi connectivity index (χ2n) is 6.97. The number of benzene rings is 1. The quantitative estimate of drug-likeness (QED) is 0.903. The van der Waals surface area contributed by atoms with Crippen molar-refractivity contribution in [3.05, 3.63) is 35.9 Å². The number of hydrogen-bond donors (Lipinski definition) is 1. The molecule has 2 rings (SSSR count). The van der Waals surface area contributed by atoms with Gasteiger partial charge in [-0.05, 0) is 26.3 Å². The van der Waals surface area contributed by atoms with Crippen LogP contribution in [-0.2, 0) is 20.9 Å². The number of nitrogens with one attached hydrogen (secondary N) is 1. The van der Waals surface area contributed by atoms with E-state index >= 15 is 0 Å². The molecule has 25 heavy (non-hydrogen) atoms. The van der Waals surface area contributed by atoms with E-state index in [4.69, 9.17) is 9.47 Å². The molecule has 1 heterocycles. The van der Waals surface area contributed by atoms with Crippen LogP contribution in [0.1, 0.15) is 26.3 Å². The van der Waals surface area contributed by atoms with Gasteiger partial charge in [0.15, 0.2) is 5.78 Å². The first-order valence-electron chi connectivity index (χ1n) is 8.20. The summed E-state index contributed by atoms with van der Waals surface area (Å²) in [6, 6.07) is 9.31. The maximum absolute atomic E-state index is 12.0. The molecule has 0 aliphatic carbocycles. The highest BCUT2D eigenvalue weighted by molar-refractivity contribution is 5.90. The normalized spacial score (nSPS) is 17.3. The highest BCUT2D eigenvalue weighted by Gasteiger charge is 2.35. The number of carbonyl (C=O) groups is 3. The number of nitrogens with zero attached hydrogens (tertiary/aromatic N) is 1. The van der Waals surface area contributed by atoms with Crippen LogP contribution in [0, 0.1) is 5.92 Å². The van der Waals surface area contributed by atoms with E-state index in [1.54, 1.807) is 20.8 Å². The van der Waals surface area contributed by atoms with E-state index in [0.29, 0.717) is 0 Å². The number of likely N-dealkylation sites (tertiary alicyclic amines) is 1. The van der Waals surface area contributed by atoms with Gasteiger partial charge >= 0.3 is 12.2 Å². The van der Waals surface area contributed by atoms with Gasteiger partial charge in [-0.25, -0.2) is 9.59 Å². The predicted molar refractivity (Wildman–Crippen MR) is 90.9 cm³/mol. The second kappa shape index (κ2) is 8.00. The smallest absolute Gasteiger partial charge is 0.410 e. The number of rotatable bonds is 4. The summed E-state index contributed by atoms with van der Waals surface area (Å²) in [6.45, 7) is 5.83. The first-order valence-corrected chi connectivity index (χ1v) is 8.20. The molecule has 0 radical (unpaired) electrons. The Hall–Kier alpha value is -2.57. The van der Waals surface area contributed by atoms with Crippen molar-refractivity contribution >= 4 is 18.0 Å². The molecule has 0 aromatic heterocycles. The largest absolute Gasteiger partial charge is 0.445 e. The predicted octanol–water partition coefficient (Wildman–Crippen LogP) is 2.35. The molecule has 1 aromatic carbocycles. The summed E-state index contributed by atoms with van der Waals surface area (Å²) in [7, 11) is 0. The lowest BCUT2D eigenvalue weighted by atomic mass is 10.1. The summed E-state index contributed by atoms with van der Waals surface area (Å²) in [5, 5.41) is 2.57. The summed E-state index contributed by atoms with van der Waals surface area (Å²) in [5.41, 5.74) is 0.267. The zero-order valence-corrected chi connectivity index (χ0v) is 14.8. The summed E-state index contributed by atoms with van der Waals surface area (Å²) >= 11 is 0. The number of ether oxygens (including phenoxy) is 2. The summed E-state index contributed by atoms with van der Waals surface area (Å²) in [4.78, 5) is 37.1. The fourth-order valence-corrected chi connectivity index (χ4v) is 2.37. The fourth-order valence-electron chi connectivity index (χ4n) is 2.37. The van der Waals surface area contributed by atoms with E-state index in [0.717, 1.165) is 5.56 Å². The van der Waals surface area contributed by atoms with Crippen molar-refractivity contribution in [1.29, 1.82) is 0 Å². The van der Waals surface area contributed by atoms with Crippen molar-refractivity contribution in [3.8, 4) is 0 Å². The minimum atomic E-state index is -0.613. The van der Waals surface area contributed by atoms with E-state index in [1.807, 2.05) is 30.3 Å². The minimum Gasteiger partial charge on any atom is -0.445 e. The van der Waals surface area contributed by atoms with Gasteiger partial charge < -0.3 is 19.7 Å². The third-order valence-electron chi connectivity index (χ3n) is 3.60. The highest BCUT2D eigenvalue weighted by Crippen LogP contribution is 2.16. The second-order valence-corrected chi connectivity index (χ2v) is 6.97. The number of carbonyl (C=O) groups excluding carboxylic acids is 3. The molecule has 0 bridgehead atoms. The summed E-state index contributed by atoms with van der Waals surface area (Å²) in [6.07, 6.45) is -1.11. The Kier molecular flexibility index (Phi) is 6.01. The van der Waals surface area contributed by atoms with E-state index in [1.165, 1.54) is 4.90 Å². The SMILES string of the molecule is CC(C)(C)OC(=O)N1CC(=O)[C@H](CNC(=O)OCc2ccccc2)C1. The number of Topliss-reactive ketones (excluding diaryl/α,β-unsaturated/α-hetero) is 1. The van der Waals surface area contributed by atoms with Crippen LogP contribution < -0.4 is 5.32 Å². The van der Waals surface area contributed by atoms with Crippen LogP contribution in [0.25, 0.3) is 0 Å². The first kappa shape index (κ1) is 18.8. The Morgan fingerprint density at radius 3 is 2.56 bits per heavy atom. The van der Waals surface area contributed by atoms with Gasteiger partial charge in [-0.1, -0.05) is 30.3 Å². The van der Waals surface area contributed by atoms with Crippen LogP contribution in [0.4, 0.5) is 9.59 Å². The molecule has 1 fully saturated rings. The fraction of sp³-hybridized carbons (Fsp3) is 0.500. The molecular weight excluding hydrogens is 324 g/mol. The number of alkyl carbamates (subject to hydrolysis) is 1. The lowest BCUT2D eigenvalue weighted by molar-refractivity contribution is -0.119. The molecule has 7 nitrogen and oxygen atoms in total. The van der Waals surface area contributed by atoms with E-state index in [-0.39, 0.29) is 32.0 Å². The molecule has 1 aromatic rings. The molecule has 136 valence electrons. The topological polar surface area (TPSA) is 84.9 Å². The molecule has 1 saturated heterocycles. The zero-order chi connectivity index (χ0) is 18.4. The molecular formula is C18H24N2O5. The van der Waals surface area contributed by atoms with Gasteiger partial charge in [-0.2, -0.15) is 0 Å². The van der Waals surface area contributed by atoms with Gasteiger partial charge in [-0.15, -0.1) is 0 Å². The van der Waals surface area contributed by atoms with Crippen LogP contribution in [-0.4, -0.2) is 48.1 Å². The van der Waals surface area contributed by atoms with Crippen molar-refractivity contribution in [2.24, 2.45) is 5.92 Å². The van der Waals surface area contributed by atoms with Gasteiger partial charge in [0.2, 0.25) is 0 Å². The molecule has 0 spiro atoms. The molecule has 2 amide bonds. The van der Waals surface area contributed by atoms with Crippen LogP contribution in [0.15, 0.2) is 30.3 Å². The Bertz CT molecular complexity index is 624. The average molecular weight is 348 g/mol.